The number of hydrogen-bond acceptors (Lipinski definition) is 4. The van der Waals surface area contributed by atoms with Gasteiger partial charge in [0.05, 0.1) is 5.69 Å². The van der Waals surface area contributed by atoms with Gasteiger partial charge in [-0.15, -0.1) is 11.3 Å². The van der Waals surface area contributed by atoms with Gasteiger partial charge in [0.1, 0.15) is 0 Å². The van der Waals surface area contributed by atoms with E-state index in [0.717, 1.165) is 10.7 Å². The van der Waals surface area contributed by atoms with E-state index >= 15 is 0 Å². The van der Waals surface area contributed by atoms with Gasteiger partial charge in [-0.25, -0.2) is 4.98 Å². The molecule has 0 aliphatic carbocycles. The van der Waals surface area contributed by atoms with Gasteiger partial charge in [-0.05, 0) is 22.5 Å². The molecule has 5 heteroatoms. The standard InChI is InChI=1S/C21H27N3OS/c1-14(2)19(15-6-8-16(9-7-15)21(3,4)5)22-13-17-12-18(25)24-10-11-26-20(24)23-17/h6-12,14,19,22H,13H2,1-5H3/t19-/m0/s1. The molecule has 2 aromatic heterocycles. The minimum atomic E-state index is -0.0244. The highest BCUT2D eigenvalue weighted by Gasteiger charge is 2.18. The molecule has 138 valence electrons. The Kier molecular flexibility index (Phi) is 5.30. The molecule has 3 rings (SSSR count). The van der Waals surface area contributed by atoms with Gasteiger partial charge in [0, 0.05) is 30.2 Å². The second-order valence-electron chi connectivity index (χ2n) is 8.12. The summed E-state index contributed by atoms with van der Waals surface area (Å²) in [6.07, 6.45) is 1.76. The third-order valence-electron chi connectivity index (χ3n) is 4.66. The molecular formula is C21H27N3OS. The number of benzene rings is 1. The number of fused-ring (bicyclic) bond motifs is 1. The molecule has 4 nitrogen and oxygen atoms in total. The Bertz CT molecular complexity index is 932. The molecule has 1 N–H and O–H groups in total. The van der Waals surface area contributed by atoms with Crippen molar-refractivity contribution in [2.45, 2.75) is 52.6 Å². The molecule has 26 heavy (non-hydrogen) atoms. The molecule has 0 spiro atoms. The van der Waals surface area contributed by atoms with Crippen LogP contribution in [0.1, 0.15) is 57.5 Å². The first-order valence-corrected chi connectivity index (χ1v) is 9.93. The summed E-state index contributed by atoms with van der Waals surface area (Å²) in [5.41, 5.74) is 3.52. The maximum Gasteiger partial charge on any atom is 0.258 e. The Morgan fingerprint density at radius 2 is 1.88 bits per heavy atom. The lowest BCUT2D eigenvalue weighted by Crippen LogP contribution is -2.27. The van der Waals surface area contributed by atoms with Gasteiger partial charge in [-0.3, -0.25) is 9.20 Å². The van der Waals surface area contributed by atoms with Crippen LogP contribution in [0.15, 0.2) is 46.7 Å². The van der Waals surface area contributed by atoms with Gasteiger partial charge in [0.15, 0.2) is 4.96 Å². The van der Waals surface area contributed by atoms with Gasteiger partial charge < -0.3 is 5.32 Å². The van der Waals surface area contributed by atoms with Gasteiger partial charge in [0.2, 0.25) is 0 Å². The topological polar surface area (TPSA) is 46.4 Å². The van der Waals surface area contributed by atoms with Crippen LogP contribution in [0.5, 0.6) is 0 Å². The lowest BCUT2D eigenvalue weighted by molar-refractivity contribution is 0.408. The number of rotatable bonds is 5. The summed E-state index contributed by atoms with van der Waals surface area (Å²) in [6.45, 7) is 11.7. The van der Waals surface area contributed by atoms with Crippen molar-refractivity contribution >= 4 is 16.3 Å². The number of nitrogens with one attached hydrogen (secondary N) is 1. The molecule has 0 fully saturated rings. The fourth-order valence-electron chi connectivity index (χ4n) is 3.12. The lowest BCUT2D eigenvalue weighted by atomic mass is 9.85. The lowest BCUT2D eigenvalue weighted by Gasteiger charge is -2.25. The molecule has 2 heterocycles. The van der Waals surface area contributed by atoms with Crippen LogP contribution >= 0.6 is 11.3 Å². The molecule has 0 amide bonds. The average molecular weight is 370 g/mol. The van der Waals surface area contributed by atoms with E-state index in [4.69, 9.17) is 0 Å². The second kappa shape index (κ2) is 7.33. The Morgan fingerprint density at radius 1 is 1.19 bits per heavy atom. The third-order valence-corrected chi connectivity index (χ3v) is 5.42. The van der Waals surface area contributed by atoms with Crippen molar-refractivity contribution in [3.05, 3.63) is 69.1 Å². The van der Waals surface area contributed by atoms with Crippen LogP contribution in [-0.4, -0.2) is 9.38 Å². The van der Waals surface area contributed by atoms with E-state index in [9.17, 15) is 4.79 Å². The van der Waals surface area contributed by atoms with Crippen LogP contribution in [0, 0.1) is 5.92 Å². The summed E-state index contributed by atoms with van der Waals surface area (Å²) in [5, 5.41) is 5.47. The van der Waals surface area contributed by atoms with Crippen molar-refractivity contribution in [3.8, 4) is 0 Å². The molecule has 0 aliphatic heterocycles. The molecule has 0 saturated heterocycles. The molecular weight excluding hydrogens is 342 g/mol. The zero-order valence-electron chi connectivity index (χ0n) is 16.1. The summed E-state index contributed by atoms with van der Waals surface area (Å²) in [5.74, 6) is 0.432. The van der Waals surface area contributed by atoms with Crippen LogP contribution in [0.25, 0.3) is 4.96 Å². The maximum absolute atomic E-state index is 12.1. The van der Waals surface area contributed by atoms with Crippen LogP contribution in [0.3, 0.4) is 0 Å². The molecule has 0 unspecified atom stereocenters. The molecule has 0 saturated carbocycles. The smallest absolute Gasteiger partial charge is 0.258 e. The number of nitrogens with zero attached hydrogens (tertiary/aromatic N) is 2. The summed E-state index contributed by atoms with van der Waals surface area (Å²) in [4.78, 5) is 17.5. The van der Waals surface area contributed by atoms with Gasteiger partial charge >= 0.3 is 0 Å². The molecule has 1 aromatic carbocycles. The number of thiazole rings is 1. The highest BCUT2D eigenvalue weighted by molar-refractivity contribution is 7.15. The van der Waals surface area contributed by atoms with E-state index in [1.54, 1.807) is 16.7 Å². The van der Waals surface area contributed by atoms with Crippen molar-refractivity contribution in [3.63, 3.8) is 0 Å². The van der Waals surface area contributed by atoms with Gasteiger partial charge in [-0.1, -0.05) is 58.9 Å². The normalized spacial score (nSPS) is 13.5. The first-order valence-electron chi connectivity index (χ1n) is 9.05. The molecule has 0 radical (unpaired) electrons. The average Bonchev–Trinajstić information content (AvgIpc) is 3.03. The van der Waals surface area contributed by atoms with Crippen molar-refractivity contribution in [2.24, 2.45) is 5.92 Å². The molecule has 3 aromatic rings. The van der Waals surface area contributed by atoms with E-state index in [1.165, 1.54) is 22.5 Å². The van der Waals surface area contributed by atoms with Crippen molar-refractivity contribution in [1.29, 1.82) is 0 Å². The van der Waals surface area contributed by atoms with Crippen molar-refractivity contribution in [2.75, 3.05) is 0 Å². The Hall–Kier alpha value is -1.98. The molecule has 0 bridgehead atoms. The minimum absolute atomic E-state index is 0.0244. The van der Waals surface area contributed by atoms with Crippen LogP contribution in [0.4, 0.5) is 0 Å². The Labute approximate surface area is 158 Å². The predicted octanol–water partition coefficient (Wildman–Crippen LogP) is 4.54. The van der Waals surface area contributed by atoms with Gasteiger partial charge in [-0.2, -0.15) is 0 Å². The van der Waals surface area contributed by atoms with Crippen molar-refractivity contribution < 1.29 is 0 Å². The van der Waals surface area contributed by atoms with Crippen molar-refractivity contribution in [1.82, 2.24) is 14.7 Å². The predicted molar refractivity (Wildman–Crippen MR) is 109 cm³/mol. The summed E-state index contributed by atoms with van der Waals surface area (Å²) in [7, 11) is 0. The van der Waals surface area contributed by atoms with E-state index in [1.807, 2.05) is 5.38 Å². The fraction of sp³-hybridized carbons (Fsp3) is 0.429. The van der Waals surface area contributed by atoms with E-state index in [2.05, 4.69) is 69.2 Å². The van der Waals surface area contributed by atoms with E-state index < -0.39 is 0 Å². The third kappa shape index (κ3) is 4.05. The van der Waals surface area contributed by atoms with E-state index in [0.29, 0.717) is 12.5 Å². The van der Waals surface area contributed by atoms with Crippen LogP contribution in [0.2, 0.25) is 0 Å². The summed E-state index contributed by atoms with van der Waals surface area (Å²) in [6, 6.07) is 10.7. The molecule has 1 atom stereocenters. The Balaban J connectivity index is 1.79. The molecule has 0 aliphatic rings. The maximum atomic E-state index is 12.1. The monoisotopic (exact) mass is 369 g/mol. The quantitative estimate of drug-likeness (QED) is 0.718. The van der Waals surface area contributed by atoms with Gasteiger partial charge in [0.25, 0.3) is 5.56 Å². The largest absolute Gasteiger partial charge is 0.304 e. The summed E-state index contributed by atoms with van der Waals surface area (Å²) >= 11 is 1.48. The van der Waals surface area contributed by atoms with Crippen LogP contribution < -0.4 is 10.9 Å². The van der Waals surface area contributed by atoms with E-state index in [-0.39, 0.29) is 17.0 Å². The number of aromatic nitrogens is 2. The SMILES string of the molecule is CC(C)[C@H](NCc1cc(=O)n2ccsc2n1)c1ccc(C(C)(C)C)cc1. The first-order chi connectivity index (χ1) is 12.3. The van der Waals surface area contributed by atoms with Crippen LogP contribution in [-0.2, 0) is 12.0 Å². The fourth-order valence-corrected chi connectivity index (χ4v) is 3.86. The Morgan fingerprint density at radius 3 is 2.50 bits per heavy atom. The zero-order chi connectivity index (χ0) is 18.9. The highest BCUT2D eigenvalue weighted by Crippen LogP contribution is 2.27. The minimum Gasteiger partial charge on any atom is -0.304 e. The number of hydrogen-bond donors (Lipinski definition) is 1. The first kappa shape index (κ1) is 18.8. The second-order valence-corrected chi connectivity index (χ2v) is 8.99. The highest BCUT2D eigenvalue weighted by atomic mass is 32.1. The zero-order valence-corrected chi connectivity index (χ0v) is 16.9. The summed E-state index contributed by atoms with van der Waals surface area (Å²) < 4.78 is 1.58.